The van der Waals surface area contributed by atoms with Gasteiger partial charge in [0, 0.05) is 24.6 Å². The molecular weight excluding hydrogens is 348 g/mol. The lowest BCUT2D eigenvalue weighted by atomic mass is 10.1. The monoisotopic (exact) mass is 374 g/mol. The number of aliphatic hydroxyl groups excluding tert-OH is 1. The molecular formula is C23H26N4O. The molecule has 144 valence electrons. The molecule has 2 aromatic carbocycles. The lowest BCUT2D eigenvalue weighted by Crippen LogP contribution is -1.94. The minimum Gasteiger partial charge on any atom is -0.390 e. The van der Waals surface area contributed by atoms with Gasteiger partial charge in [0.25, 0.3) is 0 Å². The fraction of sp³-hybridized carbons (Fsp3) is 0.217. The number of nitrogens with one attached hydrogen (secondary N) is 2. The molecule has 0 aliphatic rings. The average Bonchev–Trinajstić information content (AvgIpc) is 3.35. The molecule has 0 bridgehead atoms. The zero-order valence-corrected chi connectivity index (χ0v) is 16.3. The number of aliphatic hydroxyl groups is 1. The van der Waals surface area contributed by atoms with Crippen molar-refractivity contribution in [1.82, 2.24) is 19.9 Å². The highest BCUT2D eigenvalue weighted by Gasteiger charge is 2.11. The molecule has 0 atom stereocenters. The molecule has 0 fully saturated rings. The van der Waals surface area contributed by atoms with Gasteiger partial charge in [0.05, 0.1) is 23.7 Å². The molecule has 0 amide bonds. The third kappa shape index (κ3) is 5.18. The Labute approximate surface area is 165 Å². The number of rotatable bonds is 5. The summed E-state index contributed by atoms with van der Waals surface area (Å²) in [6.45, 7) is 4.04. The van der Waals surface area contributed by atoms with Crippen LogP contribution < -0.4 is 0 Å². The maximum atomic E-state index is 9.49. The number of aromatic amines is 2. The van der Waals surface area contributed by atoms with Crippen LogP contribution in [0.3, 0.4) is 0 Å². The van der Waals surface area contributed by atoms with Crippen molar-refractivity contribution in [2.24, 2.45) is 0 Å². The number of imidazole rings is 2. The molecule has 0 spiro atoms. The predicted molar refractivity (Wildman–Crippen MR) is 112 cm³/mol. The molecule has 5 heteroatoms. The minimum atomic E-state index is -0.0258. The quantitative estimate of drug-likeness (QED) is 0.483. The Balaban J connectivity index is 0.000000236. The number of nitrogens with zero attached hydrogens (tertiary/aromatic N) is 2. The van der Waals surface area contributed by atoms with Gasteiger partial charge in [0.1, 0.15) is 11.6 Å². The first-order valence-electron chi connectivity index (χ1n) is 9.48. The molecule has 0 aliphatic carbocycles. The Hall–Kier alpha value is -3.18. The normalized spacial score (nSPS) is 10.4. The Morgan fingerprint density at radius 2 is 1.61 bits per heavy atom. The van der Waals surface area contributed by atoms with Crippen LogP contribution in [0.4, 0.5) is 0 Å². The Morgan fingerprint density at radius 1 is 0.929 bits per heavy atom. The van der Waals surface area contributed by atoms with Crippen molar-refractivity contribution in [2.45, 2.75) is 33.3 Å². The molecule has 4 aromatic rings. The number of hydrogen-bond acceptors (Lipinski definition) is 3. The molecule has 28 heavy (non-hydrogen) atoms. The van der Waals surface area contributed by atoms with Gasteiger partial charge in [-0.1, -0.05) is 67.6 Å². The van der Waals surface area contributed by atoms with Gasteiger partial charge in [-0.3, -0.25) is 0 Å². The molecule has 3 N–H and O–H groups in total. The number of hydrogen-bond donors (Lipinski definition) is 3. The second-order valence-electron chi connectivity index (χ2n) is 6.54. The van der Waals surface area contributed by atoms with E-state index in [2.05, 4.69) is 39.0 Å². The van der Waals surface area contributed by atoms with Crippen LogP contribution in [-0.2, 0) is 19.4 Å². The summed E-state index contributed by atoms with van der Waals surface area (Å²) in [7, 11) is 0. The van der Waals surface area contributed by atoms with Crippen LogP contribution in [0, 0.1) is 6.92 Å². The lowest BCUT2D eigenvalue weighted by Gasteiger charge is -1.99. The van der Waals surface area contributed by atoms with Crippen LogP contribution in [-0.4, -0.2) is 25.0 Å². The van der Waals surface area contributed by atoms with Crippen molar-refractivity contribution in [1.29, 1.82) is 0 Å². The second kappa shape index (κ2) is 9.67. The van der Waals surface area contributed by atoms with E-state index in [0.717, 1.165) is 47.1 Å². The van der Waals surface area contributed by atoms with Crippen LogP contribution in [0.2, 0.25) is 0 Å². The van der Waals surface area contributed by atoms with E-state index >= 15 is 0 Å². The summed E-state index contributed by atoms with van der Waals surface area (Å²) in [6, 6.07) is 20.1. The lowest BCUT2D eigenvalue weighted by molar-refractivity contribution is 0.276. The molecule has 5 nitrogen and oxygen atoms in total. The molecule has 0 aliphatic heterocycles. The van der Waals surface area contributed by atoms with Crippen molar-refractivity contribution in [2.75, 3.05) is 0 Å². The molecule has 0 radical (unpaired) electrons. The molecule has 0 unspecified atom stereocenters. The first kappa shape index (κ1) is 19.6. The van der Waals surface area contributed by atoms with E-state index in [9.17, 15) is 5.11 Å². The molecule has 0 saturated heterocycles. The zero-order chi connectivity index (χ0) is 19.8. The molecule has 0 saturated carbocycles. The summed E-state index contributed by atoms with van der Waals surface area (Å²) >= 11 is 0. The third-order valence-corrected chi connectivity index (χ3v) is 4.38. The SMILES string of the molecule is CCc1nc(C)c[nH]1.OCc1[nH]c(-c2ccccc2)nc1Cc1ccccc1. The highest BCUT2D eigenvalue weighted by Crippen LogP contribution is 2.20. The summed E-state index contributed by atoms with van der Waals surface area (Å²) in [4.78, 5) is 15.1. The summed E-state index contributed by atoms with van der Waals surface area (Å²) < 4.78 is 0. The van der Waals surface area contributed by atoms with E-state index in [1.54, 1.807) is 0 Å². The summed E-state index contributed by atoms with van der Waals surface area (Å²) in [5.74, 6) is 1.88. The van der Waals surface area contributed by atoms with E-state index in [-0.39, 0.29) is 6.61 Å². The van der Waals surface area contributed by atoms with Crippen molar-refractivity contribution in [3.8, 4) is 11.4 Å². The molecule has 4 rings (SSSR count). The van der Waals surface area contributed by atoms with Gasteiger partial charge in [-0.25, -0.2) is 9.97 Å². The van der Waals surface area contributed by atoms with Gasteiger partial charge in [-0.2, -0.15) is 0 Å². The van der Waals surface area contributed by atoms with Crippen LogP contribution in [0.5, 0.6) is 0 Å². The van der Waals surface area contributed by atoms with Crippen molar-refractivity contribution >= 4 is 0 Å². The van der Waals surface area contributed by atoms with E-state index in [4.69, 9.17) is 0 Å². The second-order valence-corrected chi connectivity index (χ2v) is 6.54. The van der Waals surface area contributed by atoms with E-state index in [1.165, 1.54) is 5.56 Å². The summed E-state index contributed by atoms with van der Waals surface area (Å²) in [5.41, 5.74) is 4.97. The first-order valence-corrected chi connectivity index (χ1v) is 9.48. The standard InChI is InChI=1S/C17H16N2O.C6H10N2/c20-12-16-15(11-13-7-3-1-4-8-13)18-17(19-16)14-9-5-2-6-10-14;1-3-6-7-4-5(2)8-6/h1-10,20H,11-12H2,(H,18,19);4H,3H2,1-2H3,(H,7,8). The maximum Gasteiger partial charge on any atom is 0.137 e. The predicted octanol–water partition coefficient (Wildman–Crippen LogP) is 4.44. The Bertz CT molecular complexity index is 974. The maximum absolute atomic E-state index is 9.49. The van der Waals surface area contributed by atoms with Crippen LogP contribution >= 0.6 is 0 Å². The first-order chi connectivity index (χ1) is 13.7. The number of H-pyrrole nitrogens is 2. The molecule has 2 aromatic heterocycles. The Morgan fingerprint density at radius 3 is 2.14 bits per heavy atom. The Kier molecular flexibility index (Phi) is 6.76. The fourth-order valence-corrected chi connectivity index (χ4v) is 2.89. The van der Waals surface area contributed by atoms with Crippen LogP contribution in [0.25, 0.3) is 11.4 Å². The smallest absolute Gasteiger partial charge is 0.137 e. The van der Waals surface area contributed by atoms with Gasteiger partial charge in [-0.15, -0.1) is 0 Å². The van der Waals surface area contributed by atoms with Crippen LogP contribution in [0.1, 0.15) is 35.4 Å². The average molecular weight is 374 g/mol. The van der Waals surface area contributed by atoms with Crippen molar-refractivity contribution in [3.05, 3.63) is 95.3 Å². The van der Waals surface area contributed by atoms with Gasteiger partial charge in [-0.05, 0) is 12.5 Å². The number of aromatic nitrogens is 4. The minimum absolute atomic E-state index is 0.0258. The van der Waals surface area contributed by atoms with Gasteiger partial charge >= 0.3 is 0 Å². The van der Waals surface area contributed by atoms with Crippen molar-refractivity contribution in [3.63, 3.8) is 0 Å². The van der Waals surface area contributed by atoms with Crippen LogP contribution in [0.15, 0.2) is 66.9 Å². The highest BCUT2D eigenvalue weighted by molar-refractivity contribution is 5.55. The largest absolute Gasteiger partial charge is 0.390 e. The number of benzene rings is 2. The highest BCUT2D eigenvalue weighted by atomic mass is 16.3. The summed E-state index contributed by atoms with van der Waals surface area (Å²) in [5, 5.41) is 9.49. The number of aryl methyl sites for hydroxylation is 2. The van der Waals surface area contributed by atoms with Gasteiger partial charge in [0.2, 0.25) is 0 Å². The topological polar surface area (TPSA) is 77.6 Å². The van der Waals surface area contributed by atoms with Gasteiger partial charge < -0.3 is 15.1 Å². The van der Waals surface area contributed by atoms with E-state index in [0.29, 0.717) is 0 Å². The molecule has 2 heterocycles. The van der Waals surface area contributed by atoms with Gasteiger partial charge in [0.15, 0.2) is 0 Å². The summed E-state index contributed by atoms with van der Waals surface area (Å²) in [6.07, 6.45) is 3.63. The fourth-order valence-electron chi connectivity index (χ4n) is 2.89. The zero-order valence-electron chi connectivity index (χ0n) is 16.3. The third-order valence-electron chi connectivity index (χ3n) is 4.38. The van der Waals surface area contributed by atoms with Crippen molar-refractivity contribution < 1.29 is 5.11 Å². The van der Waals surface area contributed by atoms with E-state index in [1.807, 2.05) is 61.7 Å². The van der Waals surface area contributed by atoms with E-state index < -0.39 is 0 Å².